The average Bonchev–Trinajstić information content (AvgIpc) is 1.89. The van der Waals surface area contributed by atoms with Gasteiger partial charge in [-0.1, -0.05) is 0 Å². The summed E-state index contributed by atoms with van der Waals surface area (Å²) in [7, 11) is 0. The maximum absolute atomic E-state index is 10.8. The van der Waals surface area contributed by atoms with Crippen LogP contribution in [0.3, 0.4) is 0 Å². The lowest BCUT2D eigenvalue weighted by atomic mass is 10.3. The summed E-state index contributed by atoms with van der Waals surface area (Å²) in [6.45, 7) is 5.68. The van der Waals surface area contributed by atoms with Gasteiger partial charge in [0.25, 0.3) is 0 Å². The van der Waals surface area contributed by atoms with Gasteiger partial charge in [-0.05, 0) is 26.8 Å². The minimum atomic E-state index is -0.291. The van der Waals surface area contributed by atoms with Gasteiger partial charge < -0.3 is 4.74 Å². The molecule has 0 aromatic carbocycles. The molecule has 0 saturated carbocycles. The van der Waals surface area contributed by atoms with Crippen LogP contribution in [0.15, 0.2) is 17.4 Å². The second-order valence-corrected chi connectivity index (χ2v) is 1.78. The molecule has 0 atom stereocenters. The first-order valence-corrected chi connectivity index (χ1v) is 3.27. The average molecular weight is 140 g/mol. The van der Waals surface area contributed by atoms with Crippen LogP contribution in [0.4, 0.5) is 0 Å². The molecular weight excluding hydrogens is 128 g/mol. The van der Waals surface area contributed by atoms with Crippen LogP contribution >= 0.6 is 0 Å². The fourth-order valence-corrected chi connectivity index (χ4v) is 0.515. The molecule has 0 rings (SSSR count). The van der Waals surface area contributed by atoms with Crippen LogP contribution in [0.5, 0.6) is 0 Å². The molecule has 0 unspecified atom stereocenters. The highest BCUT2D eigenvalue weighted by atomic mass is 16.5. The Morgan fingerprint density at radius 1 is 1.70 bits per heavy atom. The van der Waals surface area contributed by atoms with Gasteiger partial charge in [-0.3, -0.25) is 0 Å². The van der Waals surface area contributed by atoms with Crippen LogP contribution in [-0.4, -0.2) is 12.6 Å². The van der Waals surface area contributed by atoms with E-state index < -0.39 is 0 Å². The summed E-state index contributed by atoms with van der Waals surface area (Å²) >= 11 is 0. The SMILES string of the molecule is CC=C=C(C)C(=O)OCC. The van der Waals surface area contributed by atoms with Gasteiger partial charge in [0.1, 0.15) is 0 Å². The summed E-state index contributed by atoms with van der Waals surface area (Å²) in [6, 6.07) is 0. The summed E-state index contributed by atoms with van der Waals surface area (Å²) in [6.07, 6.45) is 1.69. The molecule has 56 valence electrons. The molecule has 0 aliphatic rings. The van der Waals surface area contributed by atoms with Crippen LogP contribution in [0.25, 0.3) is 0 Å². The van der Waals surface area contributed by atoms with Gasteiger partial charge in [-0.15, -0.1) is 5.73 Å². The number of carbonyl (C=O) groups excluding carboxylic acids is 1. The molecule has 0 N–H and O–H groups in total. The molecule has 0 fully saturated rings. The largest absolute Gasteiger partial charge is 0.462 e. The maximum atomic E-state index is 10.8. The van der Waals surface area contributed by atoms with Crippen LogP contribution in [0.2, 0.25) is 0 Å². The lowest BCUT2D eigenvalue weighted by Gasteiger charge is -1.96. The number of ether oxygens (including phenoxy) is 1. The summed E-state index contributed by atoms with van der Waals surface area (Å²) in [4.78, 5) is 10.8. The number of carbonyl (C=O) groups is 1. The van der Waals surface area contributed by atoms with E-state index in [-0.39, 0.29) is 5.97 Å². The Kier molecular flexibility index (Phi) is 4.34. The minimum Gasteiger partial charge on any atom is -0.462 e. The first-order chi connectivity index (χ1) is 4.72. The molecule has 0 radical (unpaired) electrons. The molecule has 0 aliphatic carbocycles. The Labute approximate surface area is 61.2 Å². The Morgan fingerprint density at radius 2 is 2.30 bits per heavy atom. The zero-order chi connectivity index (χ0) is 7.98. The van der Waals surface area contributed by atoms with Crippen LogP contribution in [0.1, 0.15) is 20.8 Å². The standard InChI is InChI=1S/C8H12O2/c1-4-6-7(3)8(9)10-5-2/h4H,5H2,1-3H3. The fraction of sp³-hybridized carbons (Fsp3) is 0.500. The highest BCUT2D eigenvalue weighted by Crippen LogP contribution is 1.92. The summed E-state index contributed by atoms with van der Waals surface area (Å²) in [5.74, 6) is -0.291. The third-order valence-corrected chi connectivity index (χ3v) is 0.942. The van der Waals surface area contributed by atoms with Crippen molar-refractivity contribution >= 4 is 5.97 Å². The first-order valence-electron chi connectivity index (χ1n) is 3.27. The van der Waals surface area contributed by atoms with Gasteiger partial charge in [-0.2, -0.15) is 0 Å². The number of hydrogen-bond acceptors (Lipinski definition) is 2. The van der Waals surface area contributed by atoms with Crippen molar-refractivity contribution in [2.75, 3.05) is 6.61 Å². The van der Waals surface area contributed by atoms with Crippen LogP contribution in [0, 0.1) is 0 Å². The molecule has 0 heterocycles. The predicted octanol–water partition coefficient (Wildman–Crippen LogP) is 1.67. The smallest absolute Gasteiger partial charge is 0.341 e. The van der Waals surface area contributed by atoms with Crippen LogP contribution < -0.4 is 0 Å². The molecule has 0 aliphatic heterocycles. The Bertz CT molecular complexity index is 174. The van der Waals surface area contributed by atoms with Gasteiger partial charge in [-0.25, -0.2) is 4.79 Å². The van der Waals surface area contributed by atoms with Gasteiger partial charge in [0.2, 0.25) is 0 Å². The van der Waals surface area contributed by atoms with E-state index in [1.54, 1.807) is 19.9 Å². The second-order valence-electron chi connectivity index (χ2n) is 1.78. The zero-order valence-corrected chi connectivity index (χ0v) is 6.60. The number of esters is 1. The van der Waals surface area contributed by atoms with Crippen molar-refractivity contribution in [2.45, 2.75) is 20.8 Å². The van der Waals surface area contributed by atoms with E-state index in [0.29, 0.717) is 12.2 Å². The normalized spacial score (nSPS) is 7.90. The van der Waals surface area contributed by atoms with E-state index in [0.717, 1.165) is 0 Å². The maximum Gasteiger partial charge on any atom is 0.341 e. The lowest BCUT2D eigenvalue weighted by Crippen LogP contribution is -2.03. The summed E-state index contributed by atoms with van der Waals surface area (Å²) < 4.78 is 4.70. The van der Waals surface area contributed by atoms with E-state index >= 15 is 0 Å². The van der Waals surface area contributed by atoms with E-state index in [9.17, 15) is 4.79 Å². The van der Waals surface area contributed by atoms with Gasteiger partial charge in [0.05, 0.1) is 12.2 Å². The second kappa shape index (κ2) is 4.83. The van der Waals surface area contributed by atoms with Crippen molar-refractivity contribution in [3.8, 4) is 0 Å². The van der Waals surface area contributed by atoms with E-state index in [4.69, 9.17) is 4.74 Å². The summed E-state index contributed by atoms with van der Waals surface area (Å²) in [5, 5.41) is 0. The third kappa shape index (κ3) is 3.10. The molecule has 0 aromatic rings. The van der Waals surface area contributed by atoms with Gasteiger partial charge in [0.15, 0.2) is 0 Å². The molecule has 0 bridgehead atoms. The Morgan fingerprint density at radius 3 is 2.70 bits per heavy atom. The van der Waals surface area contributed by atoms with Crippen molar-refractivity contribution in [1.29, 1.82) is 0 Å². The molecule has 0 saturated heterocycles. The predicted molar refractivity (Wildman–Crippen MR) is 39.6 cm³/mol. The first kappa shape index (κ1) is 8.99. The third-order valence-electron chi connectivity index (χ3n) is 0.942. The Hall–Kier alpha value is -1.01. The quantitative estimate of drug-likeness (QED) is 0.331. The minimum absolute atomic E-state index is 0.291. The van der Waals surface area contributed by atoms with Crippen LogP contribution in [-0.2, 0) is 9.53 Å². The van der Waals surface area contributed by atoms with E-state index in [2.05, 4.69) is 5.73 Å². The molecule has 0 aromatic heterocycles. The molecule has 2 nitrogen and oxygen atoms in total. The van der Waals surface area contributed by atoms with Crippen molar-refractivity contribution in [3.63, 3.8) is 0 Å². The van der Waals surface area contributed by atoms with Crippen molar-refractivity contribution in [2.24, 2.45) is 0 Å². The number of hydrogen-bond donors (Lipinski definition) is 0. The monoisotopic (exact) mass is 140 g/mol. The van der Waals surface area contributed by atoms with Crippen molar-refractivity contribution in [3.05, 3.63) is 17.4 Å². The lowest BCUT2D eigenvalue weighted by molar-refractivity contribution is -0.138. The topological polar surface area (TPSA) is 26.3 Å². The Balaban J connectivity index is 4.08. The van der Waals surface area contributed by atoms with Gasteiger partial charge in [0, 0.05) is 0 Å². The van der Waals surface area contributed by atoms with Crippen molar-refractivity contribution in [1.82, 2.24) is 0 Å². The molecule has 2 heteroatoms. The molecule has 10 heavy (non-hydrogen) atoms. The molecule has 0 amide bonds. The van der Waals surface area contributed by atoms with Crippen molar-refractivity contribution < 1.29 is 9.53 Å². The molecular formula is C8H12O2. The highest BCUT2D eigenvalue weighted by molar-refractivity contribution is 5.87. The van der Waals surface area contributed by atoms with E-state index in [1.807, 2.05) is 6.92 Å². The fourth-order valence-electron chi connectivity index (χ4n) is 0.515. The van der Waals surface area contributed by atoms with E-state index in [1.165, 1.54) is 0 Å². The number of rotatable bonds is 2. The summed E-state index contributed by atoms with van der Waals surface area (Å²) in [5.41, 5.74) is 3.27. The molecule has 0 spiro atoms. The zero-order valence-electron chi connectivity index (χ0n) is 6.60. The highest BCUT2D eigenvalue weighted by Gasteiger charge is 2.00. The van der Waals surface area contributed by atoms with Gasteiger partial charge >= 0.3 is 5.97 Å².